The molecular weight excluding hydrogens is 413 g/mol. The molecule has 1 aliphatic heterocycles. The Labute approximate surface area is 184 Å². The molecule has 0 saturated carbocycles. The van der Waals surface area contributed by atoms with Crippen LogP contribution in [0.4, 0.5) is 21.8 Å². The molecule has 166 valence electrons. The van der Waals surface area contributed by atoms with Gasteiger partial charge in [-0.25, -0.2) is 4.39 Å². The zero-order valence-corrected chi connectivity index (χ0v) is 18.1. The predicted octanol–water partition coefficient (Wildman–Crippen LogP) is 3.99. The Hall–Kier alpha value is -3.66. The number of piperazine rings is 1. The van der Waals surface area contributed by atoms with Crippen molar-refractivity contribution in [2.45, 2.75) is 13.8 Å². The highest BCUT2D eigenvalue weighted by molar-refractivity contribution is 5.82. The van der Waals surface area contributed by atoms with Crippen LogP contribution >= 0.6 is 0 Å². The molecule has 0 spiro atoms. The van der Waals surface area contributed by atoms with Gasteiger partial charge in [0.1, 0.15) is 23.1 Å². The van der Waals surface area contributed by atoms with Crippen LogP contribution in [0.3, 0.4) is 0 Å². The number of ether oxygens (including phenoxy) is 1. The lowest BCUT2D eigenvalue weighted by molar-refractivity contribution is 0.311. The number of rotatable bonds is 5. The second-order valence-electron chi connectivity index (χ2n) is 8.06. The van der Waals surface area contributed by atoms with E-state index in [1.54, 1.807) is 12.1 Å². The summed E-state index contributed by atoms with van der Waals surface area (Å²) in [6, 6.07) is 8.71. The van der Waals surface area contributed by atoms with Crippen LogP contribution in [0.1, 0.15) is 11.5 Å². The number of hydrogen-bond acceptors (Lipinski definition) is 8. The van der Waals surface area contributed by atoms with Crippen LogP contribution in [-0.4, -0.2) is 58.2 Å². The fraction of sp³-hybridized carbons (Fsp3) is 0.318. The second kappa shape index (κ2) is 8.12. The van der Waals surface area contributed by atoms with E-state index in [2.05, 4.69) is 42.3 Å². The highest BCUT2D eigenvalue weighted by Gasteiger charge is 2.19. The van der Waals surface area contributed by atoms with Crippen molar-refractivity contribution >= 4 is 28.4 Å². The summed E-state index contributed by atoms with van der Waals surface area (Å²) >= 11 is 0. The van der Waals surface area contributed by atoms with E-state index in [-0.39, 0.29) is 6.01 Å². The summed E-state index contributed by atoms with van der Waals surface area (Å²) in [5.74, 6) is 2.39. The number of nitrogens with zero attached hydrogens (tertiary/aromatic N) is 5. The molecule has 0 amide bonds. The van der Waals surface area contributed by atoms with Crippen molar-refractivity contribution in [2.75, 3.05) is 43.4 Å². The molecule has 3 aromatic heterocycles. The van der Waals surface area contributed by atoms with E-state index in [1.807, 2.05) is 26.0 Å². The first-order valence-corrected chi connectivity index (χ1v) is 10.4. The van der Waals surface area contributed by atoms with Crippen LogP contribution in [-0.2, 0) is 0 Å². The lowest BCUT2D eigenvalue weighted by Crippen LogP contribution is -2.44. The van der Waals surface area contributed by atoms with Crippen molar-refractivity contribution in [3.8, 4) is 11.8 Å². The molecule has 1 saturated heterocycles. The number of hydrogen-bond donors (Lipinski definition) is 2. The quantitative estimate of drug-likeness (QED) is 0.484. The molecule has 9 nitrogen and oxygen atoms in total. The van der Waals surface area contributed by atoms with Gasteiger partial charge >= 0.3 is 6.01 Å². The van der Waals surface area contributed by atoms with Gasteiger partial charge in [-0.3, -0.25) is 0 Å². The average molecular weight is 437 g/mol. The maximum absolute atomic E-state index is 14.5. The number of H-pyrrole nitrogens is 1. The van der Waals surface area contributed by atoms with E-state index in [0.29, 0.717) is 28.7 Å². The van der Waals surface area contributed by atoms with Gasteiger partial charge in [0.2, 0.25) is 0 Å². The number of nitrogens with one attached hydrogen (secondary N) is 2. The summed E-state index contributed by atoms with van der Waals surface area (Å²) in [5, 5.41) is 7.82. The van der Waals surface area contributed by atoms with Crippen LogP contribution in [0.15, 0.2) is 34.9 Å². The molecular formula is C22H24FN7O2. The monoisotopic (exact) mass is 437 g/mol. The van der Waals surface area contributed by atoms with Crippen molar-refractivity contribution in [3.05, 3.63) is 47.6 Å². The Kier molecular flexibility index (Phi) is 5.14. The first-order chi connectivity index (χ1) is 15.4. The van der Waals surface area contributed by atoms with Crippen molar-refractivity contribution < 1.29 is 13.7 Å². The van der Waals surface area contributed by atoms with E-state index >= 15 is 0 Å². The van der Waals surface area contributed by atoms with Crippen molar-refractivity contribution in [1.82, 2.24) is 25.0 Å². The highest BCUT2D eigenvalue weighted by Crippen LogP contribution is 2.30. The zero-order chi connectivity index (χ0) is 22.2. The fourth-order valence-electron chi connectivity index (χ4n) is 3.76. The molecule has 4 heterocycles. The number of halogens is 1. The fourth-order valence-corrected chi connectivity index (χ4v) is 3.76. The smallest absolute Gasteiger partial charge is 0.325 e. The minimum Gasteiger partial charge on any atom is -0.424 e. The molecule has 4 aromatic rings. The summed E-state index contributed by atoms with van der Waals surface area (Å²) < 4.78 is 25.6. The zero-order valence-electron chi connectivity index (χ0n) is 18.1. The van der Waals surface area contributed by atoms with E-state index in [4.69, 9.17) is 9.26 Å². The van der Waals surface area contributed by atoms with Gasteiger partial charge in [-0.2, -0.15) is 9.97 Å². The van der Waals surface area contributed by atoms with Crippen LogP contribution in [0.5, 0.6) is 11.8 Å². The molecule has 32 heavy (non-hydrogen) atoms. The van der Waals surface area contributed by atoms with Gasteiger partial charge in [-0.15, -0.1) is 0 Å². The summed E-state index contributed by atoms with van der Waals surface area (Å²) in [4.78, 5) is 16.5. The number of fused-ring (bicyclic) bond motifs is 1. The third-order valence-corrected chi connectivity index (χ3v) is 5.40. The molecule has 1 aliphatic rings. The lowest BCUT2D eigenvalue weighted by Gasteiger charge is -2.33. The number of benzene rings is 1. The maximum Gasteiger partial charge on any atom is 0.325 e. The summed E-state index contributed by atoms with van der Waals surface area (Å²) in [5.41, 5.74) is 1.32. The summed E-state index contributed by atoms with van der Waals surface area (Å²) in [7, 11) is 2.10. The van der Waals surface area contributed by atoms with Crippen molar-refractivity contribution in [2.24, 2.45) is 0 Å². The third-order valence-electron chi connectivity index (χ3n) is 5.40. The Balaban J connectivity index is 1.48. The van der Waals surface area contributed by atoms with Crippen molar-refractivity contribution in [1.29, 1.82) is 0 Å². The summed E-state index contributed by atoms with van der Waals surface area (Å²) in [6.45, 7) is 7.22. The normalized spacial score (nSPS) is 14.8. The molecule has 0 bridgehead atoms. The number of aromatic amines is 1. The molecule has 1 fully saturated rings. The van der Waals surface area contributed by atoms with E-state index in [9.17, 15) is 4.39 Å². The molecule has 0 radical (unpaired) electrons. The SMILES string of the molecule is Cc1cc2cc(Oc3nc(Nc4cc(C)on4)cc(N4CCN(C)CC4)n3)cc(F)c2[nH]1. The minimum absolute atomic E-state index is 0.121. The van der Waals surface area contributed by atoms with Crippen molar-refractivity contribution in [3.63, 3.8) is 0 Å². The molecule has 2 N–H and O–H groups in total. The molecule has 5 rings (SSSR count). The second-order valence-corrected chi connectivity index (χ2v) is 8.06. The van der Waals surface area contributed by atoms with Crippen LogP contribution in [0.25, 0.3) is 10.9 Å². The first kappa shape index (κ1) is 20.3. The predicted molar refractivity (Wildman–Crippen MR) is 119 cm³/mol. The Morgan fingerprint density at radius 3 is 2.59 bits per heavy atom. The molecule has 0 atom stereocenters. The summed E-state index contributed by atoms with van der Waals surface area (Å²) in [6.07, 6.45) is 0. The van der Waals surface area contributed by atoms with Gasteiger partial charge < -0.3 is 29.4 Å². The largest absolute Gasteiger partial charge is 0.424 e. The number of anilines is 3. The van der Waals surface area contributed by atoms with Gasteiger partial charge in [0.25, 0.3) is 0 Å². The Morgan fingerprint density at radius 2 is 1.84 bits per heavy atom. The van der Waals surface area contributed by atoms with Gasteiger partial charge in [0.05, 0.1) is 5.52 Å². The molecule has 0 unspecified atom stereocenters. The van der Waals surface area contributed by atoms with E-state index in [0.717, 1.165) is 43.1 Å². The van der Waals surface area contributed by atoms with Crippen LogP contribution < -0.4 is 15.0 Å². The van der Waals surface area contributed by atoms with Gasteiger partial charge in [0.15, 0.2) is 11.6 Å². The average Bonchev–Trinajstić information content (AvgIpc) is 3.33. The topological polar surface area (TPSA) is 95.3 Å². The molecule has 10 heteroatoms. The Bertz CT molecular complexity index is 1260. The maximum atomic E-state index is 14.5. The van der Waals surface area contributed by atoms with Gasteiger partial charge in [-0.1, -0.05) is 5.16 Å². The number of aromatic nitrogens is 4. The van der Waals surface area contributed by atoms with Crippen LogP contribution in [0.2, 0.25) is 0 Å². The van der Waals surface area contributed by atoms with Crippen LogP contribution in [0, 0.1) is 19.7 Å². The highest BCUT2D eigenvalue weighted by atomic mass is 19.1. The third kappa shape index (κ3) is 4.22. The first-order valence-electron chi connectivity index (χ1n) is 10.4. The van der Waals surface area contributed by atoms with E-state index < -0.39 is 5.82 Å². The minimum atomic E-state index is -0.391. The van der Waals surface area contributed by atoms with Gasteiger partial charge in [0, 0.05) is 55.5 Å². The van der Waals surface area contributed by atoms with Gasteiger partial charge in [-0.05, 0) is 33.0 Å². The Morgan fingerprint density at radius 1 is 1.03 bits per heavy atom. The number of aryl methyl sites for hydroxylation is 2. The lowest BCUT2D eigenvalue weighted by atomic mass is 10.2. The van der Waals surface area contributed by atoms with E-state index in [1.165, 1.54) is 6.07 Å². The number of likely N-dealkylation sites (N-methyl/N-ethyl adjacent to an activating group) is 1. The standard InChI is InChI=1S/C22H24FN7O2/c1-13-8-15-10-16(11-17(23)21(15)24-13)31-22-26-18(25-19-9-14(2)32-28-19)12-20(27-22)30-6-4-29(3)5-7-30/h8-12,24H,4-7H2,1-3H3,(H,25,26,27,28). The molecule has 0 aliphatic carbocycles. The molecule has 1 aromatic carbocycles.